The minimum Gasteiger partial charge on any atom is -0.450 e. The molecule has 0 unspecified atom stereocenters. The Bertz CT molecular complexity index is 1050. The smallest absolute Gasteiger partial charge is 0.407 e. The third-order valence-electron chi connectivity index (χ3n) is 6.56. The fourth-order valence-electron chi connectivity index (χ4n) is 4.50. The predicted octanol–water partition coefficient (Wildman–Crippen LogP) is 3.79. The van der Waals surface area contributed by atoms with Crippen molar-refractivity contribution in [3.05, 3.63) is 25.6 Å². The Hall–Kier alpha value is -1.89. The molecule has 35 heavy (non-hydrogen) atoms. The van der Waals surface area contributed by atoms with E-state index in [-0.39, 0.29) is 23.9 Å². The second-order valence-electron chi connectivity index (χ2n) is 10.8. The first-order valence-electron chi connectivity index (χ1n) is 12.3. The van der Waals surface area contributed by atoms with Crippen molar-refractivity contribution in [3.63, 3.8) is 0 Å². The Morgan fingerprint density at radius 1 is 1.14 bits per heavy atom. The molecule has 0 radical (unpaired) electrons. The highest BCUT2D eigenvalue weighted by atomic mass is 32.1. The van der Waals surface area contributed by atoms with Crippen LogP contribution >= 0.6 is 22.7 Å². The van der Waals surface area contributed by atoms with Gasteiger partial charge in [-0.3, -0.25) is 4.79 Å². The summed E-state index contributed by atoms with van der Waals surface area (Å²) >= 11 is 3.07. The molecule has 192 valence electrons. The zero-order valence-electron chi connectivity index (χ0n) is 21.2. The summed E-state index contributed by atoms with van der Waals surface area (Å²) in [5, 5.41) is 17.2. The average molecular weight is 537 g/mol. The van der Waals surface area contributed by atoms with Crippen molar-refractivity contribution < 1.29 is 14.3 Å². The molecule has 0 spiro atoms. The molecule has 2 aromatic rings. The van der Waals surface area contributed by atoms with Crippen LogP contribution in [0.3, 0.4) is 0 Å². The van der Waals surface area contributed by atoms with Crippen LogP contribution in [0, 0.1) is 6.92 Å². The van der Waals surface area contributed by atoms with Gasteiger partial charge in [-0.15, -0.1) is 32.9 Å². The van der Waals surface area contributed by atoms with E-state index in [1.165, 1.54) is 11.3 Å². The van der Waals surface area contributed by atoms with Gasteiger partial charge in [0.2, 0.25) is 0 Å². The number of aryl methyl sites for hydroxylation is 1. The van der Waals surface area contributed by atoms with Crippen molar-refractivity contribution in [2.75, 3.05) is 20.2 Å². The normalized spacial score (nSPS) is 22.9. The zero-order valence-corrected chi connectivity index (χ0v) is 23.9. The zero-order chi connectivity index (χ0) is 25.2. The first kappa shape index (κ1) is 26.2. The maximum Gasteiger partial charge on any atom is 0.407 e. The number of fused-ring (bicyclic) bond motifs is 1. The van der Waals surface area contributed by atoms with Crippen molar-refractivity contribution in [1.29, 1.82) is 0 Å². The lowest BCUT2D eigenvalue weighted by Gasteiger charge is -2.35. The van der Waals surface area contributed by atoms with Crippen LogP contribution in [0.4, 0.5) is 4.79 Å². The van der Waals surface area contributed by atoms with Gasteiger partial charge in [0.25, 0.3) is 5.91 Å². The van der Waals surface area contributed by atoms with Gasteiger partial charge in [-0.25, -0.2) is 9.78 Å². The molecule has 12 heteroatoms. The number of nitrogens with one attached hydrogen (secondary N) is 2. The van der Waals surface area contributed by atoms with Crippen LogP contribution < -0.4 is 10.6 Å². The fraction of sp³-hybridized carbons (Fsp3) is 0.696. The Morgan fingerprint density at radius 2 is 1.94 bits per heavy atom. The number of alkyl carbamates (subject to hydrolysis) is 1. The summed E-state index contributed by atoms with van der Waals surface area (Å²) in [6.07, 6.45) is 2.75. The van der Waals surface area contributed by atoms with E-state index in [9.17, 15) is 9.59 Å². The van der Waals surface area contributed by atoms with Crippen LogP contribution in [0.15, 0.2) is 0 Å². The predicted molar refractivity (Wildman–Crippen MR) is 141 cm³/mol. The molecule has 9 nitrogen and oxygen atoms in total. The molecule has 0 saturated heterocycles. The van der Waals surface area contributed by atoms with E-state index in [0.717, 1.165) is 59.0 Å². The SMILES string of the molecule is Cc1nnc([C@H]2CC[C@H](NC(=O)OCC[Si](C)(C)C)[C@H](NC(=O)c3nc4c(s3)CN(C)CC4)C2)s1. The third kappa shape index (κ3) is 7.08. The number of thiazole rings is 1. The number of aromatic nitrogens is 3. The average Bonchev–Trinajstić information content (AvgIpc) is 3.40. The number of rotatable bonds is 7. The van der Waals surface area contributed by atoms with Crippen molar-refractivity contribution in [2.24, 2.45) is 0 Å². The topological polar surface area (TPSA) is 109 Å². The second-order valence-corrected chi connectivity index (χ2v) is 18.7. The van der Waals surface area contributed by atoms with Gasteiger partial charge >= 0.3 is 6.09 Å². The van der Waals surface area contributed by atoms with Crippen LogP contribution in [-0.4, -0.2) is 72.4 Å². The van der Waals surface area contributed by atoms with E-state index in [1.54, 1.807) is 11.3 Å². The Morgan fingerprint density at radius 3 is 2.66 bits per heavy atom. The molecule has 1 saturated carbocycles. The van der Waals surface area contributed by atoms with Gasteiger partial charge in [-0.2, -0.15) is 0 Å². The highest BCUT2D eigenvalue weighted by Crippen LogP contribution is 2.35. The van der Waals surface area contributed by atoms with E-state index < -0.39 is 14.2 Å². The fourth-order valence-corrected chi connectivity index (χ4v) is 7.15. The lowest BCUT2D eigenvalue weighted by Crippen LogP contribution is -2.54. The molecule has 0 aromatic carbocycles. The molecule has 3 heterocycles. The van der Waals surface area contributed by atoms with Crippen molar-refractivity contribution in [2.45, 2.75) is 82.8 Å². The Kier molecular flexibility index (Phi) is 8.24. The van der Waals surface area contributed by atoms with Crippen LogP contribution in [0.2, 0.25) is 25.7 Å². The summed E-state index contributed by atoms with van der Waals surface area (Å²) in [4.78, 5) is 33.8. The monoisotopic (exact) mass is 536 g/mol. The first-order chi connectivity index (χ1) is 16.6. The number of carbonyl (C=O) groups excluding carboxylic acids is 2. The molecular weight excluding hydrogens is 501 g/mol. The van der Waals surface area contributed by atoms with Gasteiger partial charge < -0.3 is 20.3 Å². The van der Waals surface area contributed by atoms with Gasteiger partial charge in [0.1, 0.15) is 10.0 Å². The lowest BCUT2D eigenvalue weighted by atomic mass is 9.82. The summed E-state index contributed by atoms with van der Waals surface area (Å²) in [5.41, 5.74) is 1.03. The minimum absolute atomic E-state index is 0.176. The van der Waals surface area contributed by atoms with Crippen molar-refractivity contribution in [3.8, 4) is 0 Å². The lowest BCUT2D eigenvalue weighted by molar-refractivity contribution is 0.0901. The molecule has 2 aliphatic rings. The number of nitrogens with zero attached hydrogens (tertiary/aromatic N) is 4. The minimum atomic E-state index is -1.29. The molecule has 0 bridgehead atoms. The molecule has 2 amide bonds. The number of amides is 2. The summed E-state index contributed by atoms with van der Waals surface area (Å²) in [6, 6.07) is 0.482. The molecule has 2 N–H and O–H groups in total. The summed E-state index contributed by atoms with van der Waals surface area (Å²) in [7, 11) is 0.797. The van der Waals surface area contributed by atoms with E-state index in [4.69, 9.17) is 4.74 Å². The maximum atomic E-state index is 13.2. The van der Waals surface area contributed by atoms with E-state index in [0.29, 0.717) is 18.0 Å². The van der Waals surface area contributed by atoms with Crippen molar-refractivity contribution >= 4 is 42.7 Å². The largest absolute Gasteiger partial charge is 0.450 e. The summed E-state index contributed by atoms with van der Waals surface area (Å²) in [5.74, 6) is 0.0238. The first-order valence-corrected chi connectivity index (χ1v) is 17.6. The standard InChI is InChI=1S/C23H36N6O3S2Si/c1-14-27-28-21(33-14)15-6-7-16(26-23(31)32-10-11-35(3,4)5)18(12-15)24-20(30)22-25-17-8-9-29(2)13-19(17)34-22/h15-16,18H,6-13H2,1-5H3,(H,24,30)(H,26,31)/t15-,16-,18+/m0/s1. The molecule has 1 aliphatic carbocycles. The van der Waals surface area contributed by atoms with Gasteiger partial charge in [-0.1, -0.05) is 19.6 Å². The summed E-state index contributed by atoms with van der Waals surface area (Å²) in [6.45, 7) is 10.9. The van der Waals surface area contributed by atoms with Gasteiger partial charge in [-0.05, 0) is 39.3 Å². The maximum absolute atomic E-state index is 13.2. The molecule has 4 rings (SSSR count). The number of hydrogen-bond acceptors (Lipinski definition) is 9. The van der Waals surface area contributed by atoms with E-state index in [2.05, 4.69) is 57.4 Å². The Labute approximate surface area is 216 Å². The highest BCUT2D eigenvalue weighted by Gasteiger charge is 2.36. The van der Waals surface area contributed by atoms with E-state index >= 15 is 0 Å². The third-order valence-corrected chi connectivity index (χ3v) is 10.3. The summed E-state index contributed by atoms with van der Waals surface area (Å²) < 4.78 is 5.48. The quantitative estimate of drug-likeness (QED) is 0.518. The number of carbonyl (C=O) groups is 2. The Balaban J connectivity index is 1.43. The number of hydrogen-bond donors (Lipinski definition) is 2. The number of ether oxygens (including phenoxy) is 1. The van der Waals surface area contributed by atoms with Gasteiger partial charge in [0, 0.05) is 38.4 Å². The molecule has 1 fully saturated rings. The molecular formula is C23H36N6O3S2Si. The van der Waals surface area contributed by atoms with Gasteiger partial charge in [0.15, 0.2) is 5.01 Å². The van der Waals surface area contributed by atoms with Crippen LogP contribution in [-0.2, 0) is 17.7 Å². The van der Waals surface area contributed by atoms with Crippen molar-refractivity contribution in [1.82, 2.24) is 30.7 Å². The van der Waals surface area contributed by atoms with E-state index in [1.807, 2.05) is 6.92 Å². The van der Waals surface area contributed by atoms with Crippen LogP contribution in [0.1, 0.15) is 55.6 Å². The highest BCUT2D eigenvalue weighted by molar-refractivity contribution is 7.13. The van der Waals surface area contributed by atoms with Gasteiger partial charge in [0.05, 0.1) is 24.4 Å². The van der Waals surface area contributed by atoms with Crippen LogP contribution in [0.5, 0.6) is 0 Å². The molecule has 2 aromatic heterocycles. The molecule has 1 aliphatic heterocycles. The second kappa shape index (κ2) is 11.0. The molecule has 3 atom stereocenters. The number of likely N-dealkylation sites (N-methyl/N-ethyl adjacent to an activating group) is 1. The van der Waals surface area contributed by atoms with Crippen LogP contribution in [0.25, 0.3) is 0 Å².